The molecule has 1 amide bonds. The number of nitrogens with zero attached hydrogens (tertiary/aromatic N) is 5. The van der Waals surface area contributed by atoms with Crippen LogP contribution in [0.2, 0.25) is 5.02 Å². The number of hydrogen-bond donors (Lipinski definition) is 2. The van der Waals surface area contributed by atoms with Crippen molar-refractivity contribution in [2.45, 2.75) is 25.9 Å². The van der Waals surface area contributed by atoms with E-state index in [4.69, 9.17) is 16.3 Å². The monoisotopic (exact) mass is 605 g/mol. The molecule has 2 atom stereocenters. The average Bonchev–Trinajstić information content (AvgIpc) is 3.02. The molecule has 0 radical (unpaired) electrons. The van der Waals surface area contributed by atoms with Crippen LogP contribution in [0.15, 0.2) is 61.1 Å². The van der Waals surface area contributed by atoms with Gasteiger partial charge in [0.25, 0.3) is 0 Å². The average molecular weight is 606 g/mol. The van der Waals surface area contributed by atoms with Gasteiger partial charge in [0.1, 0.15) is 11.9 Å². The van der Waals surface area contributed by atoms with Crippen LogP contribution in [0.25, 0.3) is 22.0 Å². The molecule has 12 heteroatoms. The van der Waals surface area contributed by atoms with Crippen molar-refractivity contribution in [2.75, 3.05) is 50.1 Å². The van der Waals surface area contributed by atoms with E-state index in [9.17, 15) is 14.0 Å². The molecule has 0 unspecified atom stereocenters. The molecule has 10 nitrogen and oxygen atoms in total. The summed E-state index contributed by atoms with van der Waals surface area (Å²) in [4.78, 5) is 41.5. The summed E-state index contributed by atoms with van der Waals surface area (Å²) in [5, 5.41) is 7.32. The van der Waals surface area contributed by atoms with Gasteiger partial charge < -0.3 is 20.3 Å². The summed E-state index contributed by atoms with van der Waals surface area (Å²) < 4.78 is 19.4. The van der Waals surface area contributed by atoms with Gasteiger partial charge in [0.2, 0.25) is 11.9 Å². The molecule has 2 aromatic carbocycles. The molecule has 0 aliphatic carbocycles. The molecule has 1 aliphatic rings. The molecule has 5 rings (SSSR count). The van der Waals surface area contributed by atoms with E-state index in [0.29, 0.717) is 48.4 Å². The first kappa shape index (κ1) is 30.1. The summed E-state index contributed by atoms with van der Waals surface area (Å²) in [7, 11) is 1.35. The Balaban J connectivity index is 1.31. The maximum absolute atomic E-state index is 14.4. The van der Waals surface area contributed by atoms with Crippen molar-refractivity contribution in [3.05, 3.63) is 77.5 Å². The van der Waals surface area contributed by atoms with Crippen LogP contribution in [0.3, 0.4) is 0 Å². The highest BCUT2D eigenvalue weighted by Gasteiger charge is 2.30. The second-order valence-electron chi connectivity index (χ2n) is 10.4. The van der Waals surface area contributed by atoms with E-state index >= 15 is 0 Å². The summed E-state index contributed by atoms with van der Waals surface area (Å²) in [5.41, 5.74) is 3.66. The largest absolute Gasteiger partial charge is 0.468 e. The highest BCUT2D eigenvalue weighted by molar-refractivity contribution is 6.34. The van der Waals surface area contributed by atoms with Crippen LogP contribution in [-0.4, -0.2) is 77.6 Å². The minimum atomic E-state index is -0.552. The second-order valence-corrected chi connectivity index (χ2v) is 10.8. The lowest BCUT2D eigenvalue weighted by Gasteiger charge is -2.38. The normalized spacial score (nSPS) is 15.1. The van der Waals surface area contributed by atoms with E-state index in [1.165, 1.54) is 20.1 Å². The molecular formula is C31H33ClFN7O3. The van der Waals surface area contributed by atoms with Crippen molar-refractivity contribution in [3.63, 3.8) is 0 Å². The zero-order chi connectivity index (χ0) is 30.5. The Bertz CT molecular complexity index is 1610. The molecule has 1 fully saturated rings. The Hall–Kier alpha value is -4.35. The Morgan fingerprint density at radius 3 is 2.42 bits per heavy atom. The predicted molar refractivity (Wildman–Crippen MR) is 164 cm³/mol. The number of fused-ring (bicyclic) bond motifs is 1. The van der Waals surface area contributed by atoms with Crippen LogP contribution >= 0.6 is 11.6 Å². The molecule has 1 saturated heterocycles. The second kappa shape index (κ2) is 13.3. The van der Waals surface area contributed by atoms with Crippen molar-refractivity contribution in [1.29, 1.82) is 0 Å². The number of hydrogen-bond acceptors (Lipinski definition) is 9. The van der Waals surface area contributed by atoms with Crippen molar-refractivity contribution >= 4 is 46.0 Å². The first-order valence-corrected chi connectivity index (χ1v) is 14.4. The Labute approximate surface area is 254 Å². The van der Waals surface area contributed by atoms with Crippen molar-refractivity contribution in [3.8, 4) is 11.1 Å². The van der Waals surface area contributed by atoms with Crippen LogP contribution in [0.4, 0.5) is 16.0 Å². The third-order valence-corrected chi connectivity index (χ3v) is 7.87. The molecule has 43 heavy (non-hydrogen) atoms. The molecule has 0 bridgehead atoms. The van der Waals surface area contributed by atoms with Crippen LogP contribution in [0.5, 0.6) is 0 Å². The lowest BCUT2D eigenvalue weighted by atomic mass is 10.0. The van der Waals surface area contributed by atoms with E-state index in [1.54, 1.807) is 36.8 Å². The fraction of sp³-hybridized carbons (Fsp3) is 0.323. The molecular weight excluding hydrogens is 573 g/mol. The smallest absolute Gasteiger partial charge is 0.324 e. The predicted octanol–water partition coefficient (Wildman–Crippen LogP) is 4.46. The molecule has 2 aromatic heterocycles. The van der Waals surface area contributed by atoms with Gasteiger partial charge in [-0.2, -0.15) is 0 Å². The number of ether oxygens (including phenoxy) is 1. The van der Waals surface area contributed by atoms with E-state index in [-0.39, 0.29) is 30.3 Å². The lowest BCUT2D eigenvalue weighted by Crippen LogP contribution is -2.56. The number of nitrogens with one attached hydrogen (secondary N) is 2. The Morgan fingerprint density at radius 2 is 1.74 bits per heavy atom. The van der Waals surface area contributed by atoms with E-state index in [1.807, 2.05) is 30.0 Å². The van der Waals surface area contributed by atoms with Gasteiger partial charge >= 0.3 is 5.97 Å². The number of pyridine rings is 1. The number of piperazine rings is 1. The molecule has 3 heterocycles. The molecule has 224 valence electrons. The Kier molecular flexibility index (Phi) is 9.32. The lowest BCUT2D eigenvalue weighted by molar-refractivity contribution is -0.147. The van der Waals surface area contributed by atoms with Crippen molar-refractivity contribution in [2.24, 2.45) is 0 Å². The van der Waals surface area contributed by atoms with Crippen LogP contribution in [0.1, 0.15) is 25.5 Å². The summed E-state index contributed by atoms with van der Waals surface area (Å²) in [6.07, 6.45) is 5.14. The molecule has 1 aliphatic heterocycles. The number of methoxy groups -OCH3 is 1. The molecule has 2 N–H and O–H groups in total. The number of benzene rings is 2. The highest BCUT2D eigenvalue weighted by Crippen LogP contribution is 2.35. The number of amides is 1. The van der Waals surface area contributed by atoms with Crippen LogP contribution < -0.4 is 15.5 Å². The number of carbonyl (C=O) groups is 2. The summed E-state index contributed by atoms with van der Waals surface area (Å²) in [5.74, 6) is -0.276. The van der Waals surface area contributed by atoms with Gasteiger partial charge in [0, 0.05) is 74.8 Å². The third kappa shape index (κ3) is 6.84. The summed E-state index contributed by atoms with van der Waals surface area (Å²) in [6, 6.07) is 11.6. The van der Waals surface area contributed by atoms with Crippen molar-refractivity contribution < 1.29 is 18.7 Å². The zero-order valence-electron chi connectivity index (χ0n) is 24.2. The Morgan fingerprint density at radius 1 is 1.02 bits per heavy atom. The van der Waals surface area contributed by atoms with Gasteiger partial charge in [0.05, 0.1) is 29.4 Å². The fourth-order valence-electron chi connectivity index (χ4n) is 5.22. The maximum atomic E-state index is 14.4. The number of esters is 1. The zero-order valence-corrected chi connectivity index (χ0v) is 24.9. The standard InChI is InChI=1S/C31H33ClFN7O3/c1-19(23-6-4-5-7-26(23)33)38-29-24-14-21(8-9-27(24)35-17-25(29)32)22-15-36-31(37-16-22)40-12-10-39(11-13-40)28(30(42)43-3)18-34-20(2)41/h4-9,14-17,19,28H,10-13,18H2,1-3H3,(H,34,41)(H,35,38)/t19-,28+/m1/s1. The third-order valence-electron chi connectivity index (χ3n) is 7.58. The van der Waals surface area contributed by atoms with Crippen LogP contribution in [0, 0.1) is 5.82 Å². The maximum Gasteiger partial charge on any atom is 0.324 e. The molecule has 0 saturated carbocycles. The van der Waals surface area contributed by atoms with Gasteiger partial charge in [0.15, 0.2) is 0 Å². The van der Waals surface area contributed by atoms with Crippen LogP contribution in [-0.2, 0) is 14.3 Å². The van der Waals surface area contributed by atoms with Gasteiger partial charge in [-0.25, -0.2) is 14.4 Å². The molecule has 4 aromatic rings. The van der Waals surface area contributed by atoms with Gasteiger partial charge in [-0.05, 0) is 30.7 Å². The summed E-state index contributed by atoms with van der Waals surface area (Å²) >= 11 is 6.57. The van der Waals surface area contributed by atoms with E-state index < -0.39 is 6.04 Å². The number of halogens is 2. The fourth-order valence-corrected chi connectivity index (χ4v) is 5.43. The minimum Gasteiger partial charge on any atom is -0.468 e. The first-order chi connectivity index (χ1) is 20.7. The first-order valence-electron chi connectivity index (χ1n) is 14.0. The van der Waals surface area contributed by atoms with E-state index in [0.717, 1.165) is 22.0 Å². The van der Waals surface area contributed by atoms with Gasteiger partial charge in [-0.1, -0.05) is 35.9 Å². The quantitative estimate of drug-likeness (QED) is 0.267. The van der Waals surface area contributed by atoms with Gasteiger partial charge in [-0.3, -0.25) is 19.5 Å². The SMILES string of the molecule is COC(=O)[C@H](CNC(C)=O)N1CCN(c2ncc(-c3ccc4ncc(Cl)c(N[C@H](C)c5ccccc5F)c4c3)cn2)CC1. The number of aromatic nitrogens is 3. The highest BCUT2D eigenvalue weighted by atomic mass is 35.5. The number of carbonyl (C=O) groups excluding carboxylic acids is 2. The number of anilines is 2. The molecule has 0 spiro atoms. The van der Waals surface area contributed by atoms with E-state index in [2.05, 4.69) is 30.5 Å². The minimum absolute atomic E-state index is 0.193. The topological polar surface area (TPSA) is 113 Å². The van der Waals surface area contributed by atoms with Crippen molar-refractivity contribution in [1.82, 2.24) is 25.2 Å². The number of rotatable bonds is 9. The van der Waals surface area contributed by atoms with Gasteiger partial charge in [-0.15, -0.1) is 0 Å². The summed E-state index contributed by atoms with van der Waals surface area (Å²) in [6.45, 7) is 5.90.